The van der Waals surface area contributed by atoms with Crippen LogP contribution in [0.2, 0.25) is 0 Å². The number of likely N-dealkylation sites (tertiary alicyclic amines) is 1. The molecule has 3 rings (SSSR count). The minimum atomic E-state index is -0.00674. The highest BCUT2D eigenvalue weighted by atomic mass is 16.3. The van der Waals surface area contributed by atoms with Crippen molar-refractivity contribution in [1.82, 2.24) is 4.90 Å². The van der Waals surface area contributed by atoms with E-state index < -0.39 is 0 Å². The maximum Gasteiger partial charge on any atom is 0.0573 e. The number of aliphatic hydroxyl groups excluding tert-OH is 1. The van der Waals surface area contributed by atoms with Crippen LogP contribution in [-0.4, -0.2) is 35.2 Å². The second kappa shape index (κ2) is 5.73. The Hall–Kier alpha value is -0.0800. The van der Waals surface area contributed by atoms with Crippen LogP contribution in [0.1, 0.15) is 58.8 Å². The molecule has 1 saturated heterocycles. The zero-order valence-electron chi connectivity index (χ0n) is 12.7. The lowest BCUT2D eigenvalue weighted by molar-refractivity contribution is -0.109. The van der Waals surface area contributed by atoms with E-state index in [0.717, 1.165) is 30.2 Å². The van der Waals surface area contributed by atoms with E-state index in [4.69, 9.17) is 0 Å². The van der Waals surface area contributed by atoms with Crippen molar-refractivity contribution >= 4 is 0 Å². The van der Waals surface area contributed by atoms with Gasteiger partial charge in [-0.05, 0) is 68.9 Å². The first-order chi connectivity index (χ1) is 9.26. The van der Waals surface area contributed by atoms with Gasteiger partial charge in [0.05, 0.1) is 6.10 Å². The van der Waals surface area contributed by atoms with Gasteiger partial charge in [-0.25, -0.2) is 0 Å². The summed E-state index contributed by atoms with van der Waals surface area (Å²) in [5.41, 5.74) is 0. The summed E-state index contributed by atoms with van der Waals surface area (Å²) in [6, 6.07) is 0.846. The van der Waals surface area contributed by atoms with Gasteiger partial charge in [-0.1, -0.05) is 26.7 Å². The fraction of sp³-hybridized carbons (Fsp3) is 1.00. The maximum atomic E-state index is 10.5. The predicted octanol–water partition coefficient (Wildman–Crippen LogP) is 3.29. The van der Waals surface area contributed by atoms with Crippen LogP contribution in [0, 0.1) is 23.7 Å². The van der Waals surface area contributed by atoms with Crippen molar-refractivity contribution in [3.8, 4) is 0 Å². The van der Waals surface area contributed by atoms with E-state index in [2.05, 4.69) is 18.7 Å². The quantitative estimate of drug-likeness (QED) is 0.846. The van der Waals surface area contributed by atoms with E-state index in [9.17, 15) is 5.11 Å². The molecular weight excluding hydrogens is 234 g/mol. The molecule has 0 aromatic heterocycles. The Bertz CT molecular complexity index is 306. The first kappa shape index (κ1) is 13.9. The molecule has 1 N–H and O–H groups in total. The first-order valence-corrected chi connectivity index (χ1v) is 8.68. The Labute approximate surface area is 118 Å². The van der Waals surface area contributed by atoms with Gasteiger partial charge in [-0.3, -0.25) is 0 Å². The van der Waals surface area contributed by atoms with Gasteiger partial charge in [0.1, 0.15) is 0 Å². The number of hydrogen-bond acceptors (Lipinski definition) is 2. The van der Waals surface area contributed by atoms with Crippen LogP contribution in [0.15, 0.2) is 0 Å². The zero-order valence-corrected chi connectivity index (χ0v) is 12.7. The zero-order chi connectivity index (χ0) is 13.4. The van der Waals surface area contributed by atoms with Gasteiger partial charge in [-0.2, -0.15) is 0 Å². The molecule has 3 aliphatic rings. The number of aliphatic hydroxyl groups is 1. The van der Waals surface area contributed by atoms with Gasteiger partial charge in [0.25, 0.3) is 0 Å². The third kappa shape index (κ3) is 2.35. The summed E-state index contributed by atoms with van der Waals surface area (Å²) >= 11 is 0. The third-order valence-corrected chi connectivity index (χ3v) is 6.35. The Balaban J connectivity index is 1.82. The average Bonchev–Trinajstić information content (AvgIpc) is 2.42. The number of rotatable bonds is 3. The SMILES string of the molecule is CCCN1CC[C@@H]2C[C@H](O)[C@@H](CC)[C@@H]3CCC[C@H]1[C@@H]23. The second-order valence-electron chi connectivity index (χ2n) is 7.20. The topological polar surface area (TPSA) is 23.5 Å². The molecule has 0 amide bonds. The van der Waals surface area contributed by atoms with Crippen LogP contribution in [0.25, 0.3) is 0 Å². The van der Waals surface area contributed by atoms with Crippen molar-refractivity contribution in [1.29, 1.82) is 0 Å². The molecular formula is C17H31NO. The van der Waals surface area contributed by atoms with Gasteiger partial charge in [-0.15, -0.1) is 0 Å². The van der Waals surface area contributed by atoms with Crippen LogP contribution >= 0.6 is 0 Å². The van der Waals surface area contributed by atoms with Crippen LogP contribution in [0.5, 0.6) is 0 Å². The molecule has 1 heterocycles. The van der Waals surface area contributed by atoms with E-state index in [1.165, 1.54) is 51.6 Å². The lowest BCUT2D eigenvalue weighted by Gasteiger charge is -2.57. The van der Waals surface area contributed by atoms with E-state index >= 15 is 0 Å². The Kier molecular flexibility index (Phi) is 4.19. The van der Waals surface area contributed by atoms with Gasteiger partial charge >= 0.3 is 0 Å². The van der Waals surface area contributed by atoms with Crippen molar-refractivity contribution in [2.24, 2.45) is 23.7 Å². The van der Waals surface area contributed by atoms with E-state index in [-0.39, 0.29) is 6.10 Å². The average molecular weight is 265 g/mol. The van der Waals surface area contributed by atoms with Crippen LogP contribution in [0.3, 0.4) is 0 Å². The summed E-state index contributed by atoms with van der Waals surface area (Å²) in [4.78, 5) is 2.79. The minimum Gasteiger partial charge on any atom is -0.393 e. The number of piperidine rings is 1. The molecule has 2 aliphatic carbocycles. The van der Waals surface area contributed by atoms with Crippen LogP contribution < -0.4 is 0 Å². The molecule has 2 nitrogen and oxygen atoms in total. The summed E-state index contributed by atoms with van der Waals surface area (Å²) in [6.07, 6.45) is 9.09. The summed E-state index contributed by atoms with van der Waals surface area (Å²) in [5, 5.41) is 10.5. The highest BCUT2D eigenvalue weighted by Crippen LogP contribution is 2.52. The molecule has 2 saturated carbocycles. The Morgan fingerprint density at radius 3 is 2.74 bits per heavy atom. The Morgan fingerprint density at radius 1 is 1.16 bits per heavy atom. The molecule has 0 aromatic rings. The number of hydrogen-bond donors (Lipinski definition) is 1. The van der Waals surface area contributed by atoms with Crippen LogP contribution in [0.4, 0.5) is 0 Å². The van der Waals surface area contributed by atoms with Gasteiger partial charge < -0.3 is 10.0 Å². The fourth-order valence-electron chi connectivity index (χ4n) is 5.70. The molecule has 19 heavy (non-hydrogen) atoms. The molecule has 110 valence electrons. The van der Waals surface area contributed by atoms with Crippen molar-refractivity contribution in [3.63, 3.8) is 0 Å². The standard InChI is InChI=1S/C17H31NO/c1-3-9-18-10-8-12-11-16(19)13(4-2)14-6-5-7-15(18)17(12)14/h12-17,19H,3-11H2,1-2H3/t12-,13+,14+,15+,16+,17+/m1/s1. The molecule has 6 atom stereocenters. The highest BCUT2D eigenvalue weighted by Gasteiger charge is 2.50. The van der Waals surface area contributed by atoms with Gasteiger partial charge in [0, 0.05) is 6.04 Å². The van der Waals surface area contributed by atoms with E-state index in [1.54, 1.807) is 0 Å². The molecule has 0 bridgehead atoms. The highest BCUT2D eigenvalue weighted by molar-refractivity contribution is 5.02. The van der Waals surface area contributed by atoms with Crippen molar-refractivity contribution < 1.29 is 5.11 Å². The molecule has 0 aromatic carbocycles. The van der Waals surface area contributed by atoms with E-state index in [1.807, 2.05) is 0 Å². The molecule has 3 fully saturated rings. The minimum absolute atomic E-state index is 0.00674. The van der Waals surface area contributed by atoms with Gasteiger partial charge in [0.2, 0.25) is 0 Å². The van der Waals surface area contributed by atoms with Crippen LogP contribution in [-0.2, 0) is 0 Å². The van der Waals surface area contributed by atoms with Gasteiger partial charge in [0.15, 0.2) is 0 Å². The molecule has 1 aliphatic heterocycles. The van der Waals surface area contributed by atoms with Crippen molar-refractivity contribution in [2.75, 3.05) is 13.1 Å². The Morgan fingerprint density at radius 2 is 2.00 bits per heavy atom. The smallest absolute Gasteiger partial charge is 0.0573 e. The van der Waals surface area contributed by atoms with Crippen molar-refractivity contribution in [2.45, 2.75) is 70.9 Å². The molecule has 0 spiro atoms. The molecule has 0 unspecified atom stereocenters. The fourth-order valence-corrected chi connectivity index (χ4v) is 5.70. The summed E-state index contributed by atoms with van der Waals surface area (Å²) in [7, 11) is 0. The van der Waals surface area contributed by atoms with E-state index in [0.29, 0.717) is 5.92 Å². The lowest BCUT2D eigenvalue weighted by Crippen LogP contribution is -2.58. The number of nitrogens with zero attached hydrogens (tertiary/aromatic N) is 1. The third-order valence-electron chi connectivity index (χ3n) is 6.35. The summed E-state index contributed by atoms with van der Waals surface area (Å²) < 4.78 is 0. The lowest BCUT2D eigenvalue weighted by atomic mass is 9.55. The second-order valence-corrected chi connectivity index (χ2v) is 7.20. The first-order valence-electron chi connectivity index (χ1n) is 8.68. The largest absolute Gasteiger partial charge is 0.393 e. The normalized spacial score (nSPS) is 46.9. The van der Waals surface area contributed by atoms with Crippen molar-refractivity contribution in [3.05, 3.63) is 0 Å². The summed E-state index contributed by atoms with van der Waals surface area (Å²) in [6.45, 7) is 7.17. The predicted molar refractivity (Wildman–Crippen MR) is 79.0 cm³/mol. The molecule has 2 heteroatoms. The maximum absolute atomic E-state index is 10.5. The monoisotopic (exact) mass is 265 g/mol. The summed E-state index contributed by atoms with van der Waals surface area (Å²) in [5.74, 6) is 3.13. The molecule has 0 radical (unpaired) electrons.